The molecular formula is C14H10BrFO3. The lowest BCUT2D eigenvalue weighted by atomic mass is 10.2. The number of benzene rings is 2. The molecule has 0 unspecified atom stereocenters. The molecule has 0 saturated heterocycles. The lowest BCUT2D eigenvalue weighted by molar-refractivity contribution is 0.0696. The summed E-state index contributed by atoms with van der Waals surface area (Å²) in [7, 11) is 0. The molecule has 0 aromatic heterocycles. The van der Waals surface area contributed by atoms with Crippen molar-refractivity contribution < 1.29 is 19.0 Å². The number of halogens is 2. The van der Waals surface area contributed by atoms with Crippen molar-refractivity contribution in [3.63, 3.8) is 0 Å². The molecule has 0 saturated carbocycles. The number of carboxylic acid groups (broad SMARTS) is 1. The Balaban J connectivity index is 2.10. The van der Waals surface area contributed by atoms with Crippen molar-refractivity contribution in [1.29, 1.82) is 0 Å². The summed E-state index contributed by atoms with van der Waals surface area (Å²) in [6, 6.07) is 10.8. The first-order chi connectivity index (χ1) is 9.06. The van der Waals surface area contributed by atoms with Gasteiger partial charge in [0.25, 0.3) is 0 Å². The first-order valence-corrected chi connectivity index (χ1v) is 6.25. The Kier molecular flexibility index (Phi) is 4.16. The van der Waals surface area contributed by atoms with Gasteiger partial charge in [-0.15, -0.1) is 0 Å². The molecule has 0 aliphatic heterocycles. The fourth-order valence-electron chi connectivity index (χ4n) is 1.52. The van der Waals surface area contributed by atoms with Crippen LogP contribution in [0.15, 0.2) is 46.9 Å². The normalized spacial score (nSPS) is 10.2. The maximum Gasteiger partial charge on any atom is 0.335 e. The molecular weight excluding hydrogens is 315 g/mol. The maximum absolute atomic E-state index is 13.6. The molecule has 1 N–H and O–H groups in total. The van der Waals surface area contributed by atoms with E-state index in [1.165, 1.54) is 18.2 Å². The average molecular weight is 325 g/mol. The van der Waals surface area contributed by atoms with Gasteiger partial charge in [-0.1, -0.05) is 28.1 Å². The number of aromatic carboxylic acids is 1. The first-order valence-electron chi connectivity index (χ1n) is 5.46. The summed E-state index contributed by atoms with van der Waals surface area (Å²) in [6.07, 6.45) is 0. The molecule has 5 heteroatoms. The molecule has 2 aromatic rings. The van der Waals surface area contributed by atoms with Gasteiger partial charge in [-0.3, -0.25) is 0 Å². The van der Waals surface area contributed by atoms with E-state index in [1.807, 2.05) is 0 Å². The van der Waals surface area contributed by atoms with Crippen molar-refractivity contribution in [1.82, 2.24) is 0 Å². The fraction of sp³-hybridized carbons (Fsp3) is 0.0714. The van der Waals surface area contributed by atoms with Crippen LogP contribution in [-0.2, 0) is 6.61 Å². The van der Waals surface area contributed by atoms with Crippen LogP contribution in [0, 0.1) is 5.82 Å². The van der Waals surface area contributed by atoms with E-state index in [0.29, 0.717) is 15.8 Å². The summed E-state index contributed by atoms with van der Waals surface area (Å²) in [5, 5.41) is 8.85. The van der Waals surface area contributed by atoms with Gasteiger partial charge in [0.1, 0.15) is 18.2 Å². The highest BCUT2D eigenvalue weighted by molar-refractivity contribution is 9.10. The monoisotopic (exact) mass is 324 g/mol. The largest absolute Gasteiger partial charge is 0.489 e. The SMILES string of the molecule is O=C(O)c1cccc(OCc2ccc(Br)cc2F)c1. The lowest BCUT2D eigenvalue weighted by Gasteiger charge is -2.08. The highest BCUT2D eigenvalue weighted by Crippen LogP contribution is 2.19. The van der Waals surface area contributed by atoms with E-state index in [1.54, 1.807) is 24.3 Å². The van der Waals surface area contributed by atoms with Crippen molar-refractivity contribution in [3.05, 3.63) is 63.9 Å². The van der Waals surface area contributed by atoms with Crippen molar-refractivity contribution in [2.24, 2.45) is 0 Å². The Morgan fingerprint density at radius 1 is 1.26 bits per heavy atom. The zero-order chi connectivity index (χ0) is 13.8. The second-order valence-corrected chi connectivity index (χ2v) is 4.77. The molecule has 0 atom stereocenters. The first kappa shape index (κ1) is 13.5. The third-order valence-electron chi connectivity index (χ3n) is 2.49. The molecule has 19 heavy (non-hydrogen) atoms. The maximum atomic E-state index is 13.6. The summed E-state index contributed by atoms with van der Waals surface area (Å²) in [5.41, 5.74) is 0.540. The molecule has 0 radical (unpaired) electrons. The number of rotatable bonds is 4. The summed E-state index contributed by atoms with van der Waals surface area (Å²) in [5.74, 6) is -1.01. The van der Waals surface area contributed by atoms with Crippen LogP contribution in [0.3, 0.4) is 0 Å². The number of carboxylic acids is 1. The fourth-order valence-corrected chi connectivity index (χ4v) is 1.85. The van der Waals surface area contributed by atoms with Crippen LogP contribution in [0.1, 0.15) is 15.9 Å². The molecule has 98 valence electrons. The molecule has 2 aromatic carbocycles. The van der Waals surface area contributed by atoms with Crippen LogP contribution in [0.4, 0.5) is 4.39 Å². The second kappa shape index (κ2) is 5.84. The van der Waals surface area contributed by atoms with E-state index in [9.17, 15) is 9.18 Å². The Morgan fingerprint density at radius 2 is 2.05 bits per heavy atom. The van der Waals surface area contributed by atoms with Gasteiger partial charge in [0, 0.05) is 10.0 Å². The molecule has 0 bridgehead atoms. The Labute approximate surface area is 117 Å². The average Bonchev–Trinajstić information content (AvgIpc) is 2.38. The number of carbonyl (C=O) groups is 1. The second-order valence-electron chi connectivity index (χ2n) is 3.86. The number of hydrogen-bond acceptors (Lipinski definition) is 2. The summed E-state index contributed by atoms with van der Waals surface area (Å²) >= 11 is 3.17. The number of ether oxygens (including phenoxy) is 1. The number of hydrogen-bond donors (Lipinski definition) is 1. The smallest absolute Gasteiger partial charge is 0.335 e. The third-order valence-corrected chi connectivity index (χ3v) is 2.98. The van der Waals surface area contributed by atoms with E-state index < -0.39 is 5.97 Å². The van der Waals surface area contributed by atoms with Crippen LogP contribution in [0.5, 0.6) is 5.75 Å². The van der Waals surface area contributed by atoms with Crippen molar-refractivity contribution >= 4 is 21.9 Å². The van der Waals surface area contributed by atoms with Gasteiger partial charge in [0.15, 0.2) is 0 Å². The highest BCUT2D eigenvalue weighted by atomic mass is 79.9. The third kappa shape index (κ3) is 3.54. The summed E-state index contributed by atoms with van der Waals surface area (Å²) in [4.78, 5) is 10.8. The van der Waals surface area contributed by atoms with Gasteiger partial charge >= 0.3 is 5.97 Å². The van der Waals surface area contributed by atoms with Gasteiger partial charge in [-0.2, -0.15) is 0 Å². The van der Waals surface area contributed by atoms with Gasteiger partial charge in [0.2, 0.25) is 0 Å². The van der Waals surface area contributed by atoms with Gasteiger partial charge in [0.05, 0.1) is 5.56 Å². The van der Waals surface area contributed by atoms with Gasteiger partial charge < -0.3 is 9.84 Å². The molecule has 0 amide bonds. The van der Waals surface area contributed by atoms with Crippen molar-refractivity contribution in [2.45, 2.75) is 6.61 Å². The zero-order valence-corrected chi connectivity index (χ0v) is 11.4. The Morgan fingerprint density at radius 3 is 2.74 bits per heavy atom. The predicted molar refractivity (Wildman–Crippen MR) is 71.8 cm³/mol. The predicted octanol–water partition coefficient (Wildman–Crippen LogP) is 3.87. The molecule has 0 aliphatic rings. The van der Waals surface area contributed by atoms with E-state index in [4.69, 9.17) is 9.84 Å². The van der Waals surface area contributed by atoms with E-state index in [2.05, 4.69) is 15.9 Å². The Hall–Kier alpha value is -1.88. The van der Waals surface area contributed by atoms with Crippen LogP contribution in [0.25, 0.3) is 0 Å². The van der Waals surface area contributed by atoms with Gasteiger partial charge in [-0.25, -0.2) is 9.18 Å². The minimum atomic E-state index is -1.03. The van der Waals surface area contributed by atoms with E-state index >= 15 is 0 Å². The minimum absolute atomic E-state index is 0.0438. The van der Waals surface area contributed by atoms with E-state index in [0.717, 1.165) is 0 Å². The van der Waals surface area contributed by atoms with Crippen molar-refractivity contribution in [2.75, 3.05) is 0 Å². The molecule has 3 nitrogen and oxygen atoms in total. The van der Waals surface area contributed by atoms with E-state index in [-0.39, 0.29) is 18.0 Å². The quantitative estimate of drug-likeness (QED) is 0.928. The van der Waals surface area contributed by atoms with Crippen molar-refractivity contribution in [3.8, 4) is 5.75 Å². The highest BCUT2D eigenvalue weighted by Gasteiger charge is 2.06. The zero-order valence-electron chi connectivity index (χ0n) is 9.77. The topological polar surface area (TPSA) is 46.5 Å². The molecule has 0 heterocycles. The van der Waals surface area contributed by atoms with Crippen LogP contribution in [-0.4, -0.2) is 11.1 Å². The molecule has 0 fully saturated rings. The standard InChI is InChI=1S/C14H10BrFO3/c15-11-5-4-10(13(16)7-11)8-19-12-3-1-2-9(6-12)14(17)18/h1-7H,8H2,(H,17,18). The summed E-state index contributed by atoms with van der Waals surface area (Å²) < 4.78 is 19.6. The minimum Gasteiger partial charge on any atom is -0.489 e. The molecule has 2 rings (SSSR count). The van der Waals surface area contributed by atoms with Crippen LogP contribution >= 0.6 is 15.9 Å². The molecule has 0 spiro atoms. The lowest BCUT2D eigenvalue weighted by Crippen LogP contribution is -2.00. The van der Waals surface area contributed by atoms with Crippen LogP contribution in [0.2, 0.25) is 0 Å². The van der Waals surface area contributed by atoms with Crippen LogP contribution < -0.4 is 4.74 Å². The van der Waals surface area contributed by atoms with Gasteiger partial charge in [-0.05, 0) is 30.3 Å². The Bertz CT molecular complexity index is 613. The molecule has 0 aliphatic carbocycles. The summed E-state index contributed by atoms with van der Waals surface area (Å²) in [6.45, 7) is 0.0438.